The monoisotopic (exact) mass is 347 g/mol. The van der Waals surface area contributed by atoms with Crippen LogP contribution < -0.4 is 10.6 Å². The summed E-state index contributed by atoms with van der Waals surface area (Å²) in [6.07, 6.45) is -1.55. The highest BCUT2D eigenvalue weighted by atomic mass is 32.2. The fourth-order valence-corrected chi connectivity index (χ4v) is 3.87. The molecule has 1 fully saturated rings. The molecule has 2 rings (SSSR count). The molecule has 1 saturated heterocycles. The van der Waals surface area contributed by atoms with E-state index in [9.17, 15) is 15.0 Å². The van der Waals surface area contributed by atoms with Gasteiger partial charge in [-0.25, -0.2) is 4.79 Å². The van der Waals surface area contributed by atoms with Gasteiger partial charge >= 0.3 is 6.09 Å². The average molecular weight is 347 g/mol. The van der Waals surface area contributed by atoms with Gasteiger partial charge in [0.2, 0.25) is 0 Å². The molecule has 2 aliphatic rings. The number of amides is 1. The highest BCUT2D eigenvalue weighted by molar-refractivity contribution is 8.14. The third kappa shape index (κ3) is 4.57. The summed E-state index contributed by atoms with van der Waals surface area (Å²) in [6, 6.07) is -1.05. The number of nitrogens with zero attached hydrogens (tertiary/aromatic N) is 1. The lowest BCUT2D eigenvalue weighted by molar-refractivity contribution is -0.150. The molecule has 0 bridgehead atoms. The van der Waals surface area contributed by atoms with Crippen molar-refractivity contribution in [1.29, 1.82) is 0 Å². The smallest absolute Gasteiger partial charge is 0.405 e. The Kier molecular flexibility index (Phi) is 6.66. The number of unbranched alkanes of at least 4 members (excludes halogenated alkanes) is 1. The van der Waals surface area contributed by atoms with Gasteiger partial charge in [0.15, 0.2) is 0 Å². The minimum atomic E-state index is -1.13. The molecular weight excluding hydrogens is 322 g/mol. The summed E-state index contributed by atoms with van der Waals surface area (Å²) in [5.74, 6) is 0. The number of aliphatic imine (C=N–C) groups is 1. The van der Waals surface area contributed by atoms with Crippen molar-refractivity contribution in [2.75, 3.05) is 13.1 Å². The Morgan fingerprint density at radius 3 is 2.83 bits per heavy atom. The minimum Gasteiger partial charge on any atom is -0.465 e. The largest absolute Gasteiger partial charge is 0.465 e. The number of hydrogen-bond acceptors (Lipinski definition) is 7. The fourth-order valence-electron chi connectivity index (χ4n) is 2.62. The Bertz CT molecular complexity index is 450. The Balaban J connectivity index is 1.93. The molecule has 0 spiro atoms. The molecule has 0 saturated carbocycles. The van der Waals surface area contributed by atoms with E-state index in [-0.39, 0.29) is 0 Å². The van der Waals surface area contributed by atoms with Crippen molar-refractivity contribution in [1.82, 2.24) is 10.6 Å². The van der Waals surface area contributed by atoms with Crippen LogP contribution in [0.25, 0.3) is 0 Å². The van der Waals surface area contributed by atoms with Gasteiger partial charge in [-0.15, -0.1) is 0 Å². The molecule has 132 valence electrons. The van der Waals surface area contributed by atoms with Gasteiger partial charge in [-0.1, -0.05) is 25.1 Å². The van der Waals surface area contributed by atoms with Crippen LogP contribution in [0.15, 0.2) is 4.99 Å². The number of hydrogen-bond donors (Lipinski definition) is 5. The van der Waals surface area contributed by atoms with Gasteiger partial charge in [0.25, 0.3) is 0 Å². The van der Waals surface area contributed by atoms with E-state index in [1.807, 2.05) is 0 Å². The Hall–Kier alpha value is -0.870. The number of thioether (sulfide) groups is 1. The zero-order valence-corrected chi connectivity index (χ0v) is 14.1. The summed E-state index contributed by atoms with van der Waals surface area (Å²) >= 11 is 1.30. The van der Waals surface area contributed by atoms with Crippen LogP contribution in [-0.4, -0.2) is 75.4 Å². The molecule has 0 aromatic heterocycles. The first kappa shape index (κ1) is 18.5. The molecule has 6 atom stereocenters. The van der Waals surface area contributed by atoms with Crippen LogP contribution in [-0.2, 0) is 4.74 Å². The van der Waals surface area contributed by atoms with E-state index in [2.05, 4.69) is 22.5 Å². The summed E-state index contributed by atoms with van der Waals surface area (Å²) < 4.78 is 5.86. The van der Waals surface area contributed by atoms with E-state index in [4.69, 9.17) is 9.84 Å². The normalized spacial score (nSPS) is 34.6. The van der Waals surface area contributed by atoms with E-state index < -0.39 is 41.9 Å². The third-order valence-electron chi connectivity index (χ3n) is 3.94. The van der Waals surface area contributed by atoms with E-state index in [0.29, 0.717) is 11.6 Å². The maximum atomic E-state index is 10.7. The number of aliphatic hydroxyl groups excluding tert-OH is 2. The Morgan fingerprint density at radius 2 is 2.17 bits per heavy atom. The number of aliphatic hydroxyl groups is 2. The van der Waals surface area contributed by atoms with Crippen LogP contribution in [0, 0.1) is 0 Å². The second-order valence-electron chi connectivity index (χ2n) is 5.83. The van der Waals surface area contributed by atoms with E-state index in [0.717, 1.165) is 19.4 Å². The second-order valence-corrected chi connectivity index (χ2v) is 6.95. The molecule has 0 radical (unpaired) electrons. The van der Waals surface area contributed by atoms with Crippen molar-refractivity contribution >= 4 is 22.9 Å². The van der Waals surface area contributed by atoms with Crippen LogP contribution >= 0.6 is 11.8 Å². The lowest BCUT2D eigenvalue weighted by Gasteiger charge is -2.38. The van der Waals surface area contributed by atoms with Gasteiger partial charge in [0, 0.05) is 6.54 Å². The number of ether oxygens (including phenoxy) is 1. The molecule has 5 N–H and O–H groups in total. The molecule has 9 heteroatoms. The summed E-state index contributed by atoms with van der Waals surface area (Å²) in [7, 11) is 0. The fraction of sp³-hybridized carbons (Fsp3) is 0.857. The summed E-state index contributed by atoms with van der Waals surface area (Å²) in [5, 5.41) is 35.4. The summed E-state index contributed by atoms with van der Waals surface area (Å²) in [5.41, 5.74) is -0.403. The molecule has 23 heavy (non-hydrogen) atoms. The first-order chi connectivity index (χ1) is 10.9. The first-order valence-corrected chi connectivity index (χ1v) is 8.78. The highest BCUT2D eigenvalue weighted by Crippen LogP contribution is 2.37. The predicted molar refractivity (Wildman–Crippen MR) is 87.9 cm³/mol. The van der Waals surface area contributed by atoms with Gasteiger partial charge in [0.1, 0.15) is 29.8 Å². The lowest BCUT2D eigenvalue weighted by Crippen LogP contribution is -2.57. The summed E-state index contributed by atoms with van der Waals surface area (Å²) in [6.45, 7) is 5.08. The van der Waals surface area contributed by atoms with Crippen LogP contribution in [0.1, 0.15) is 26.7 Å². The maximum absolute atomic E-state index is 10.7. The number of carboxylic acid groups (broad SMARTS) is 1. The van der Waals surface area contributed by atoms with Gasteiger partial charge in [-0.3, -0.25) is 4.99 Å². The molecule has 0 aliphatic carbocycles. The van der Waals surface area contributed by atoms with Crippen molar-refractivity contribution < 1.29 is 24.9 Å². The highest BCUT2D eigenvalue weighted by Gasteiger charge is 2.48. The first-order valence-electron chi connectivity index (χ1n) is 7.90. The molecule has 1 amide bonds. The van der Waals surface area contributed by atoms with E-state index >= 15 is 0 Å². The van der Waals surface area contributed by atoms with Gasteiger partial charge in [-0.2, -0.15) is 0 Å². The minimum absolute atomic E-state index is 0.403. The van der Waals surface area contributed by atoms with Gasteiger partial charge in [-0.05, 0) is 19.9 Å². The molecule has 0 aromatic rings. The molecule has 2 aliphatic heterocycles. The zero-order chi connectivity index (χ0) is 17.0. The molecular formula is C14H25N3O5S. The van der Waals surface area contributed by atoms with Crippen molar-refractivity contribution in [3.05, 3.63) is 0 Å². The van der Waals surface area contributed by atoms with E-state index in [1.165, 1.54) is 11.8 Å². The third-order valence-corrected chi connectivity index (χ3v) is 5.27. The molecule has 2 heterocycles. The predicted octanol–water partition coefficient (Wildman–Crippen LogP) is -0.00720. The molecule has 0 aromatic carbocycles. The van der Waals surface area contributed by atoms with Crippen molar-refractivity contribution in [3.8, 4) is 0 Å². The van der Waals surface area contributed by atoms with Crippen molar-refractivity contribution in [2.24, 2.45) is 4.99 Å². The lowest BCUT2D eigenvalue weighted by atomic mass is 9.98. The van der Waals surface area contributed by atoms with Gasteiger partial charge in [0.05, 0.1) is 11.1 Å². The SMILES string of the molecule is CCCCNC[C@H]1O[C@@H]2SC(C(C)NC(=O)O)=N[C@@H]2[C@@H](O)[C@@H]1O. The second kappa shape index (κ2) is 8.29. The van der Waals surface area contributed by atoms with Crippen molar-refractivity contribution in [3.63, 3.8) is 0 Å². The van der Waals surface area contributed by atoms with E-state index in [1.54, 1.807) is 6.92 Å². The van der Waals surface area contributed by atoms with Crippen LogP contribution in [0.5, 0.6) is 0 Å². The van der Waals surface area contributed by atoms with Crippen LogP contribution in [0.3, 0.4) is 0 Å². The number of nitrogens with one attached hydrogen (secondary N) is 2. The zero-order valence-electron chi connectivity index (χ0n) is 13.3. The maximum Gasteiger partial charge on any atom is 0.405 e. The van der Waals surface area contributed by atoms with Crippen molar-refractivity contribution in [2.45, 2.75) is 62.5 Å². The average Bonchev–Trinajstić information content (AvgIpc) is 2.92. The van der Waals surface area contributed by atoms with Gasteiger partial charge < -0.3 is 30.7 Å². The Labute approximate surface area is 139 Å². The number of fused-ring (bicyclic) bond motifs is 1. The quantitative estimate of drug-likeness (QED) is 0.411. The topological polar surface area (TPSA) is 123 Å². The number of rotatable bonds is 7. The van der Waals surface area contributed by atoms with Crippen LogP contribution in [0.4, 0.5) is 4.79 Å². The van der Waals surface area contributed by atoms with Crippen LogP contribution in [0.2, 0.25) is 0 Å². The molecule has 8 nitrogen and oxygen atoms in total. The number of carbonyl (C=O) groups is 1. The molecule has 1 unspecified atom stereocenters. The standard InChI is InChI=1S/C14H25N3O5S/c1-3-4-5-15-6-8-10(18)11(19)9-13(22-8)23-12(17-9)7(2)16-14(20)21/h7-11,13,15-16,18-19H,3-6H2,1-2H3,(H,20,21)/t7?,8-,9-,10-,11-,13-/m1/s1. The Morgan fingerprint density at radius 1 is 1.43 bits per heavy atom. The summed E-state index contributed by atoms with van der Waals surface area (Å²) in [4.78, 5) is 15.1.